The number of aliphatic hydroxyl groups is 1. The molecule has 148 valence electrons. The first kappa shape index (κ1) is 19.9. The predicted octanol–water partition coefficient (Wildman–Crippen LogP) is 3.36. The summed E-state index contributed by atoms with van der Waals surface area (Å²) in [5.74, 6) is 2.08. The predicted molar refractivity (Wildman–Crippen MR) is 107 cm³/mol. The Morgan fingerprint density at radius 3 is 2.90 bits per heavy atom. The lowest BCUT2D eigenvalue weighted by atomic mass is 10.1. The Labute approximate surface area is 166 Å². The molecular formula is C21H18FN3O4. The van der Waals surface area contributed by atoms with Gasteiger partial charge in [-0.05, 0) is 24.3 Å². The van der Waals surface area contributed by atoms with Gasteiger partial charge in [-0.2, -0.15) is 0 Å². The van der Waals surface area contributed by atoms with E-state index in [9.17, 15) is 0 Å². The molecule has 0 spiro atoms. The monoisotopic (exact) mass is 395 g/mol. The highest BCUT2D eigenvalue weighted by atomic mass is 19.1. The Morgan fingerprint density at radius 1 is 1.28 bits per heavy atom. The highest BCUT2D eigenvalue weighted by molar-refractivity contribution is 5.93. The molecule has 0 fully saturated rings. The third kappa shape index (κ3) is 4.54. The van der Waals surface area contributed by atoms with E-state index >= 15 is 4.39 Å². The number of rotatable bonds is 8. The maximum absolute atomic E-state index is 15.1. The molecule has 7 nitrogen and oxygen atoms in total. The Kier molecular flexibility index (Phi) is 6.45. The van der Waals surface area contributed by atoms with Crippen molar-refractivity contribution in [2.24, 2.45) is 0 Å². The molecule has 0 radical (unpaired) electrons. The van der Waals surface area contributed by atoms with Gasteiger partial charge in [0.25, 0.3) is 0 Å². The minimum absolute atomic E-state index is 0.0339. The maximum atomic E-state index is 15.1. The fraction of sp³-hybridized carbons (Fsp3) is 0.143. The number of methoxy groups -OCH3 is 1. The van der Waals surface area contributed by atoms with Crippen LogP contribution < -0.4 is 14.8 Å². The molecule has 0 aliphatic rings. The third-order valence-corrected chi connectivity index (χ3v) is 3.81. The number of hydrogen-bond acceptors (Lipinski definition) is 7. The molecule has 0 unspecified atom stereocenters. The lowest BCUT2D eigenvalue weighted by Gasteiger charge is -2.14. The molecular weight excluding hydrogens is 377 g/mol. The van der Waals surface area contributed by atoms with Crippen molar-refractivity contribution >= 4 is 22.4 Å². The number of benzene rings is 2. The summed E-state index contributed by atoms with van der Waals surface area (Å²) in [4.78, 5) is 8.23. The van der Waals surface area contributed by atoms with Crippen LogP contribution in [-0.4, -0.2) is 35.4 Å². The van der Waals surface area contributed by atoms with Crippen LogP contribution in [-0.2, 0) is 4.74 Å². The number of aliphatic hydroxyl groups excluding tert-OH is 1. The Hall–Kier alpha value is -3.83. The van der Waals surface area contributed by atoms with Crippen molar-refractivity contribution in [1.29, 1.82) is 0 Å². The molecule has 3 aromatic rings. The average Bonchev–Trinajstić information content (AvgIpc) is 2.74. The quantitative estimate of drug-likeness (QED) is 0.447. The van der Waals surface area contributed by atoms with Crippen LogP contribution in [0.4, 0.5) is 15.9 Å². The second-order valence-corrected chi connectivity index (χ2v) is 5.68. The summed E-state index contributed by atoms with van der Waals surface area (Å²) in [5.41, 5.74) is 1.41. The molecule has 0 atom stereocenters. The molecule has 0 amide bonds. The SMILES string of the molecule is C#Cc1cccc(Nc2ncnc3c(F)c(OCCO)c(O/C=C/OC)cc23)c1. The molecule has 0 aliphatic heterocycles. The van der Waals surface area contributed by atoms with Crippen molar-refractivity contribution in [1.82, 2.24) is 9.97 Å². The average molecular weight is 395 g/mol. The molecule has 0 aliphatic carbocycles. The van der Waals surface area contributed by atoms with Crippen LogP contribution in [0.3, 0.4) is 0 Å². The number of hydrogen-bond donors (Lipinski definition) is 2. The zero-order chi connectivity index (χ0) is 20.6. The summed E-state index contributed by atoms with van der Waals surface area (Å²) in [7, 11) is 1.45. The number of anilines is 2. The molecule has 3 rings (SSSR count). The van der Waals surface area contributed by atoms with E-state index in [4.69, 9.17) is 25.7 Å². The van der Waals surface area contributed by atoms with Crippen LogP contribution in [0.15, 0.2) is 49.2 Å². The van der Waals surface area contributed by atoms with E-state index in [0.717, 1.165) is 0 Å². The minimum Gasteiger partial charge on any atom is -0.501 e. The van der Waals surface area contributed by atoms with Crippen LogP contribution in [0.1, 0.15) is 5.56 Å². The van der Waals surface area contributed by atoms with Crippen LogP contribution in [0, 0.1) is 18.2 Å². The van der Waals surface area contributed by atoms with Gasteiger partial charge in [-0.1, -0.05) is 12.0 Å². The number of aromatic nitrogens is 2. The minimum atomic E-state index is -0.736. The van der Waals surface area contributed by atoms with Gasteiger partial charge in [0.2, 0.25) is 0 Å². The van der Waals surface area contributed by atoms with E-state index in [1.807, 2.05) is 6.07 Å². The number of terminal acetylenes is 1. The van der Waals surface area contributed by atoms with Crippen molar-refractivity contribution in [3.05, 3.63) is 60.6 Å². The summed E-state index contributed by atoms with van der Waals surface area (Å²) < 4.78 is 30.7. The van der Waals surface area contributed by atoms with E-state index in [1.54, 1.807) is 24.3 Å². The standard InChI is InChI=1S/C21H18FN3O4/c1-3-14-5-4-6-15(11-14)25-21-16-12-17(28-10-9-27-2)20(29-8-7-26)18(22)19(16)23-13-24-21/h1,4-6,9-13,26H,7-8H2,2H3,(H,23,24,25)/b10-9+. The van der Waals surface area contributed by atoms with Gasteiger partial charge in [-0.3, -0.25) is 0 Å². The molecule has 0 bridgehead atoms. The number of nitrogens with zero attached hydrogens (tertiary/aromatic N) is 2. The topological polar surface area (TPSA) is 85.7 Å². The number of halogens is 1. The van der Waals surface area contributed by atoms with Crippen LogP contribution >= 0.6 is 0 Å². The zero-order valence-electron chi connectivity index (χ0n) is 15.6. The van der Waals surface area contributed by atoms with Gasteiger partial charge in [-0.25, -0.2) is 14.4 Å². The van der Waals surface area contributed by atoms with E-state index in [0.29, 0.717) is 22.5 Å². The molecule has 8 heteroatoms. The first-order valence-corrected chi connectivity index (χ1v) is 8.57. The lowest BCUT2D eigenvalue weighted by molar-refractivity contribution is 0.192. The second-order valence-electron chi connectivity index (χ2n) is 5.68. The summed E-state index contributed by atoms with van der Waals surface area (Å²) in [5, 5.41) is 12.5. The number of nitrogens with one attached hydrogen (secondary N) is 1. The molecule has 29 heavy (non-hydrogen) atoms. The van der Waals surface area contributed by atoms with Crippen molar-refractivity contribution in [2.75, 3.05) is 25.6 Å². The third-order valence-electron chi connectivity index (χ3n) is 3.81. The normalized spacial score (nSPS) is 10.7. The van der Waals surface area contributed by atoms with E-state index < -0.39 is 5.82 Å². The maximum Gasteiger partial charge on any atom is 0.200 e. The molecule has 0 saturated carbocycles. The summed E-state index contributed by atoms with van der Waals surface area (Å²) in [6, 6.07) is 8.71. The molecule has 2 N–H and O–H groups in total. The van der Waals surface area contributed by atoms with Crippen LogP contribution in [0.2, 0.25) is 0 Å². The van der Waals surface area contributed by atoms with E-state index in [-0.39, 0.29) is 30.2 Å². The molecule has 0 saturated heterocycles. The van der Waals surface area contributed by atoms with Crippen LogP contribution in [0.5, 0.6) is 11.5 Å². The molecule has 1 heterocycles. The van der Waals surface area contributed by atoms with Crippen molar-refractivity contribution in [2.45, 2.75) is 0 Å². The highest BCUT2D eigenvalue weighted by Crippen LogP contribution is 2.38. The smallest absolute Gasteiger partial charge is 0.200 e. The first-order chi connectivity index (χ1) is 14.2. The fourth-order valence-electron chi connectivity index (χ4n) is 2.57. The van der Waals surface area contributed by atoms with Gasteiger partial charge in [0.15, 0.2) is 17.3 Å². The van der Waals surface area contributed by atoms with Gasteiger partial charge < -0.3 is 24.6 Å². The second kappa shape index (κ2) is 9.39. The van der Waals surface area contributed by atoms with E-state index in [2.05, 4.69) is 21.2 Å². The Morgan fingerprint density at radius 2 is 2.14 bits per heavy atom. The Bertz CT molecular complexity index is 1080. The van der Waals surface area contributed by atoms with Gasteiger partial charge >= 0.3 is 0 Å². The Balaban J connectivity index is 2.09. The van der Waals surface area contributed by atoms with Gasteiger partial charge in [0.05, 0.1) is 19.1 Å². The highest BCUT2D eigenvalue weighted by Gasteiger charge is 2.20. The largest absolute Gasteiger partial charge is 0.501 e. The molecule has 2 aromatic carbocycles. The molecule has 1 aromatic heterocycles. The summed E-state index contributed by atoms with van der Waals surface area (Å²) in [6.45, 7) is -0.394. The zero-order valence-corrected chi connectivity index (χ0v) is 15.6. The van der Waals surface area contributed by atoms with Gasteiger partial charge in [0.1, 0.15) is 36.8 Å². The van der Waals surface area contributed by atoms with Gasteiger partial charge in [0, 0.05) is 11.3 Å². The number of ether oxygens (including phenoxy) is 3. The van der Waals surface area contributed by atoms with Crippen molar-refractivity contribution in [3.63, 3.8) is 0 Å². The summed E-state index contributed by atoms with van der Waals surface area (Å²) >= 11 is 0. The fourth-order valence-corrected chi connectivity index (χ4v) is 2.57. The number of fused-ring (bicyclic) bond motifs is 1. The van der Waals surface area contributed by atoms with Gasteiger partial charge in [-0.15, -0.1) is 6.42 Å². The summed E-state index contributed by atoms with van der Waals surface area (Å²) in [6.07, 6.45) is 9.19. The van der Waals surface area contributed by atoms with Crippen molar-refractivity contribution in [3.8, 4) is 23.8 Å². The van der Waals surface area contributed by atoms with Crippen LogP contribution in [0.25, 0.3) is 10.9 Å². The van der Waals surface area contributed by atoms with Crippen molar-refractivity contribution < 1.29 is 23.7 Å². The lowest BCUT2D eigenvalue weighted by Crippen LogP contribution is -2.06. The van der Waals surface area contributed by atoms with E-state index in [1.165, 1.54) is 26.0 Å². The first-order valence-electron chi connectivity index (χ1n) is 8.57.